The maximum Gasteiger partial charge on any atom is 0.339 e. The lowest BCUT2D eigenvalue weighted by Crippen LogP contribution is -2.42. The van der Waals surface area contributed by atoms with Crippen LogP contribution in [0.5, 0.6) is 0 Å². The molecule has 1 aliphatic rings. The van der Waals surface area contributed by atoms with E-state index in [9.17, 15) is 9.90 Å². The Morgan fingerprint density at radius 2 is 1.26 bits per heavy atom. The molecular formula is C27H22O4. The molecule has 0 bridgehead atoms. The molecule has 0 unspecified atom stereocenters. The van der Waals surface area contributed by atoms with E-state index in [2.05, 4.69) is 0 Å². The summed E-state index contributed by atoms with van der Waals surface area (Å²) >= 11 is 0. The Labute approximate surface area is 180 Å². The first-order chi connectivity index (χ1) is 15.2. The molecule has 1 N–H and O–H groups in total. The second kappa shape index (κ2) is 8.34. The number of aliphatic hydroxyl groups excluding tert-OH is 1. The summed E-state index contributed by atoms with van der Waals surface area (Å²) in [5.41, 5.74) is 2.38. The largest absolute Gasteiger partial charge is 0.452 e. The molecule has 0 radical (unpaired) electrons. The summed E-state index contributed by atoms with van der Waals surface area (Å²) in [6.45, 7) is 0. The fourth-order valence-corrected chi connectivity index (χ4v) is 4.20. The summed E-state index contributed by atoms with van der Waals surface area (Å²) in [5.74, 6) is -0.568. The molecule has 4 nitrogen and oxygen atoms in total. The van der Waals surface area contributed by atoms with Gasteiger partial charge in [0.05, 0.1) is 0 Å². The van der Waals surface area contributed by atoms with Crippen molar-refractivity contribution in [3.63, 3.8) is 0 Å². The monoisotopic (exact) mass is 410 g/mol. The van der Waals surface area contributed by atoms with Crippen LogP contribution in [0.2, 0.25) is 0 Å². The molecule has 4 aromatic carbocycles. The highest BCUT2D eigenvalue weighted by molar-refractivity contribution is 5.87. The summed E-state index contributed by atoms with van der Waals surface area (Å²) in [4.78, 5) is 13.0. The summed E-state index contributed by atoms with van der Waals surface area (Å²) < 4.78 is 12.2. The fraction of sp³-hybridized carbons (Fsp3) is 0.148. The number of hydrogen-bond donors (Lipinski definition) is 1. The summed E-state index contributed by atoms with van der Waals surface area (Å²) in [7, 11) is 0. The number of aliphatic hydroxyl groups is 1. The Hall–Kier alpha value is -3.47. The second-order valence-electron chi connectivity index (χ2n) is 7.67. The average molecular weight is 410 g/mol. The summed E-state index contributed by atoms with van der Waals surface area (Å²) in [6, 6.07) is 32.7. The van der Waals surface area contributed by atoms with Crippen molar-refractivity contribution in [2.45, 2.75) is 24.4 Å². The van der Waals surface area contributed by atoms with Gasteiger partial charge in [-0.25, -0.2) is 4.79 Å². The zero-order valence-corrected chi connectivity index (χ0v) is 16.8. The summed E-state index contributed by atoms with van der Waals surface area (Å²) in [5, 5.41) is 13.1. The van der Waals surface area contributed by atoms with E-state index in [-0.39, 0.29) is 0 Å². The number of benzene rings is 4. The number of fused-ring (bicyclic) bond motifs is 1. The highest BCUT2D eigenvalue weighted by Gasteiger charge is 2.44. The van der Waals surface area contributed by atoms with Crippen molar-refractivity contribution >= 4 is 16.7 Å². The third-order valence-corrected chi connectivity index (χ3v) is 5.73. The van der Waals surface area contributed by atoms with E-state index in [1.54, 1.807) is 0 Å². The van der Waals surface area contributed by atoms with Crippen LogP contribution in [0.15, 0.2) is 103 Å². The number of hydrogen-bond acceptors (Lipinski definition) is 4. The molecule has 1 saturated heterocycles. The van der Waals surface area contributed by atoms with Gasteiger partial charge in [0, 0.05) is 0 Å². The Morgan fingerprint density at radius 1 is 0.677 bits per heavy atom. The number of carbonyl (C=O) groups excluding carboxylic acids is 1. The zero-order chi connectivity index (χ0) is 21.2. The molecule has 4 aromatic rings. The first-order valence-corrected chi connectivity index (χ1v) is 10.3. The van der Waals surface area contributed by atoms with E-state index in [4.69, 9.17) is 9.47 Å². The lowest BCUT2D eigenvalue weighted by atomic mass is 9.93. The van der Waals surface area contributed by atoms with Crippen LogP contribution in [0.3, 0.4) is 0 Å². The van der Waals surface area contributed by atoms with Gasteiger partial charge in [-0.1, -0.05) is 103 Å². The van der Waals surface area contributed by atoms with Crippen molar-refractivity contribution in [3.8, 4) is 0 Å². The molecule has 1 aliphatic heterocycles. The van der Waals surface area contributed by atoms with Gasteiger partial charge in [0.1, 0.15) is 12.2 Å². The van der Waals surface area contributed by atoms with Crippen LogP contribution >= 0.6 is 0 Å². The van der Waals surface area contributed by atoms with Crippen molar-refractivity contribution in [1.29, 1.82) is 0 Å². The third-order valence-electron chi connectivity index (χ3n) is 5.73. The molecule has 0 spiro atoms. The molecule has 4 heteroatoms. The number of carbonyl (C=O) groups is 1. The van der Waals surface area contributed by atoms with E-state index in [1.165, 1.54) is 0 Å². The predicted molar refractivity (Wildman–Crippen MR) is 118 cm³/mol. The van der Waals surface area contributed by atoms with Crippen molar-refractivity contribution in [2.24, 2.45) is 0 Å². The fourth-order valence-electron chi connectivity index (χ4n) is 4.20. The first-order valence-electron chi connectivity index (χ1n) is 10.3. The van der Waals surface area contributed by atoms with E-state index in [1.807, 2.05) is 103 Å². The van der Waals surface area contributed by atoms with E-state index in [0.29, 0.717) is 5.56 Å². The minimum Gasteiger partial charge on any atom is -0.452 e. The van der Waals surface area contributed by atoms with Gasteiger partial charge in [0.25, 0.3) is 0 Å². The molecule has 4 atom stereocenters. The van der Waals surface area contributed by atoms with Crippen LogP contribution in [0, 0.1) is 0 Å². The smallest absolute Gasteiger partial charge is 0.339 e. The zero-order valence-electron chi connectivity index (χ0n) is 16.8. The minimum absolute atomic E-state index is 0.532. The Bertz CT molecular complexity index is 1180. The third kappa shape index (κ3) is 3.72. The normalized spacial score (nSPS) is 22.1. The Kier molecular flexibility index (Phi) is 5.24. The predicted octanol–water partition coefficient (Wildman–Crippen LogP) is 5.30. The molecule has 1 heterocycles. The minimum atomic E-state index is -1.15. The van der Waals surface area contributed by atoms with Gasteiger partial charge in [-0.15, -0.1) is 0 Å². The molecule has 0 saturated carbocycles. The maximum atomic E-state index is 13.0. The van der Waals surface area contributed by atoms with Crippen LogP contribution < -0.4 is 0 Å². The lowest BCUT2D eigenvalue weighted by molar-refractivity contribution is -0.216. The Morgan fingerprint density at radius 3 is 1.97 bits per heavy atom. The van der Waals surface area contributed by atoms with Crippen LogP contribution in [-0.2, 0) is 14.3 Å². The summed E-state index contributed by atoms with van der Waals surface area (Å²) in [6.07, 6.45) is -3.40. The molecule has 154 valence electrons. The van der Waals surface area contributed by atoms with Crippen molar-refractivity contribution in [2.75, 3.05) is 0 Å². The maximum absolute atomic E-state index is 13.0. The van der Waals surface area contributed by atoms with Crippen LogP contribution in [0.4, 0.5) is 0 Å². The van der Waals surface area contributed by atoms with Gasteiger partial charge in [0.2, 0.25) is 0 Å². The quantitative estimate of drug-likeness (QED) is 0.464. The highest BCUT2D eigenvalue weighted by Crippen LogP contribution is 2.42. The molecular weight excluding hydrogens is 388 g/mol. The van der Waals surface area contributed by atoms with Gasteiger partial charge < -0.3 is 14.6 Å². The van der Waals surface area contributed by atoms with Gasteiger partial charge >= 0.3 is 5.97 Å². The molecule has 0 aromatic heterocycles. The van der Waals surface area contributed by atoms with Crippen molar-refractivity contribution in [3.05, 3.63) is 120 Å². The van der Waals surface area contributed by atoms with Gasteiger partial charge in [0.15, 0.2) is 12.2 Å². The number of esters is 1. The number of cyclic esters (lactones) is 1. The molecule has 5 rings (SSSR count). The topological polar surface area (TPSA) is 55.8 Å². The Balaban J connectivity index is 1.53. The van der Waals surface area contributed by atoms with Crippen molar-refractivity contribution < 1.29 is 19.4 Å². The van der Waals surface area contributed by atoms with E-state index in [0.717, 1.165) is 21.9 Å². The lowest BCUT2D eigenvalue weighted by Gasteiger charge is -2.38. The van der Waals surface area contributed by atoms with Crippen LogP contribution in [0.1, 0.15) is 35.0 Å². The SMILES string of the molecule is O=C1O[C@@H](c2ccccc2)[C@H](c2ccccc2)O[C@@H]1[C@H](O)c1cccc2ccccc12. The van der Waals surface area contributed by atoms with Gasteiger partial charge in [-0.3, -0.25) is 0 Å². The molecule has 31 heavy (non-hydrogen) atoms. The van der Waals surface area contributed by atoms with Gasteiger partial charge in [-0.05, 0) is 27.5 Å². The van der Waals surface area contributed by atoms with Gasteiger partial charge in [-0.2, -0.15) is 0 Å². The molecule has 0 amide bonds. The number of rotatable bonds is 4. The molecule has 1 fully saturated rings. The standard InChI is InChI=1S/C27H22O4/c28-23(22-17-9-15-18-10-7-8-16-21(18)22)26-27(29)31-25(20-13-5-2-6-14-20)24(30-26)19-11-3-1-4-12-19/h1-17,23-26,28H/t23-,24+,25+,26-/m1/s1. The van der Waals surface area contributed by atoms with Crippen LogP contribution in [-0.4, -0.2) is 17.2 Å². The number of ether oxygens (including phenoxy) is 2. The highest BCUT2D eigenvalue weighted by atomic mass is 16.6. The second-order valence-corrected chi connectivity index (χ2v) is 7.67. The average Bonchev–Trinajstić information content (AvgIpc) is 2.84. The molecule has 0 aliphatic carbocycles. The van der Waals surface area contributed by atoms with E-state index >= 15 is 0 Å². The van der Waals surface area contributed by atoms with Crippen molar-refractivity contribution in [1.82, 2.24) is 0 Å². The first kappa shape index (κ1) is 19.5. The van der Waals surface area contributed by atoms with E-state index < -0.39 is 30.4 Å². The van der Waals surface area contributed by atoms with Crippen LogP contribution in [0.25, 0.3) is 10.8 Å².